The van der Waals surface area contributed by atoms with Crippen LogP contribution in [0.4, 0.5) is 0 Å². The van der Waals surface area contributed by atoms with E-state index in [1.54, 1.807) is 0 Å². The molecule has 0 heterocycles. The monoisotopic (exact) mass is 448 g/mol. The summed E-state index contributed by atoms with van der Waals surface area (Å²) in [5, 5.41) is 2.82. The number of carbonyl (C=O) groups excluding carboxylic acids is 2. The number of ether oxygens (including phenoxy) is 1. The molecular weight excluding hydrogens is 427 g/mol. The average molecular weight is 449 g/mol. The van der Waals surface area contributed by atoms with Crippen LogP contribution in [0, 0.1) is 0 Å². The first-order chi connectivity index (χ1) is 15.0. The van der Waals surface area contributed by atoms with Crippen LogP contribution in [0.5, 0.6) is 0 Å². The molecule has 3 nitrogen and oxygen atoms in total. The van der Waals surface area contributed by atoms with Crippen molar-refractivity contribution in [3.8, 4) is 0 Å². The molecule has 0 aliphatic heterocycles. The van der Waals surface area contributed by atoms with Gasteiger partial charge in [0, 0.05) is 0 Å². The Morgan fingerprint density at radius 2 is 1.10 bits per heavy atom. The van der Waals surface area contributed by atoms with Gasteiger partial charge in [-0.3, -0.25) is 0 Å². The van der Waals surface area contributed by atoms with Gasteiger partial charge in [0.15, 0.2) is 0 Å². The average Bonchev–Trinajstić information content (AvgIpc) is 2.83. The first-order valence-corrected chi connectivity index (χ1v) is 13.2. The number of allylic oxidation sites excluding steroid dienone is 3. The van der Waals surface area contributed by atoms with Crippen molar-refractivity contribution in [2.45, 2.75) is 0 Å². The SMILES string of the molecule is COC1=CC(=O)C(CP(Cl)(c2ccccc2)(c2ccccc2)c2ccccc2)=CC1=O. The van der Waals surface area contributed by atoms with Gasteiger partial charge in [-0.1, -0.05) is 0 Å². The minimum atomic E-state index is -3.67. The maximum absolute atomic E-state index is 13.0. The summed E-state index contributed by atoms with van der Waals surface area (Å²) >= 11 is 7.96. The molecule has 1 aliphatic carbocycles. The molecule has 1 aliphatic rings. The van der Waals surface area contributed by atoms with Crippen molar-refractivity contribution in [3.63, 3.8) is 0 Å². The molecule has 0 unspecified atom stereocenters. The van der Waals surface area contributed by atoms with E-state index in [2.05, 4.69) is 0 Å². The summed E-state index contributed by atoms with van der Waals surface area (Å²) in [7, 11) is 1.38. The third kappa shape index (κ3) is 3.54. The summed E-state index contributed by atoms with van der Waals surface area (Å²) in [5.74, 6) is -4.21. The number of benzene rings is 3. The molecule has 0 saturated heterocycles. The van der Waals surface area contributed by atoms with Crippen molar-refractivity contribution < 1.29 is 14.3 Å². The minimum absolute atomic E-state index is 0.0442. The van der Waals surface area contributed by atoms with Crippen LogP contribution >= 0.6 is 17.2 Å². The van der Waals surface area contributed by atoms with Crippen LogP contribution in [-0.4, -0.2) is 24.8 Å². The molecule has 0 fully saturated rings. The van der Waals surface area contributed by atoms with Gasteiger partial charge in [-0.05, 0) is 0 Å². The molecule has 0 aromatic heterocycles. The normalized spacial score (nSPS) is 15.5. The van der Waals surface area contributed by atoms with Crippen LogP contribution < -0.4 is 15.9 Å². The summed E-state index contributed by atoms with van der Waals surface area (Å²) in [6.07, 6.45) is 2.86. The summed E-state index contributed by atoms with van der Waals surface area (Å²) in [6, 6.07) is 29.6. The van der Waals surface area contributed by atoms with Gasteiger partial charge < -0.3 is 0 Å². The van der Waals surface area contributed by atoms with Crippen molar-refractivity contribution in [1.82, 2.24) is 0 Å². The number of rotatable bonds is 6. The second kappa shape index (κ2) is 8.26. The zero-order valence-corrected chi connectivity index (χ0v) is 18.7. The Hall–Kier alpha value is -3.00. The second-order valence-corrected chi connectivity index (χ2v) is 13.9. The van der Waals surface area contributed by atoms with Gasteiger partial charge in [0.25, 0.3) is 0 Å². The molecule has 3 aromatic carbocycles. The molecule has 0 spiro atoms. The van der Waals surface area contributed by atoms with Crippen LogP contribution in [0.25, 0.3) is 0 Å². The van der Waals surface area contributed by atoms with E-state index < -0.39 is 5.96 Å². The van der Waals surface area contributed by atoms with Crippen LogP contribution in [0.1, 0.15) is 0 Å². The van der Waals surface area contributed by atoms with Gasteiger partial charge >= 0.3 is 187 Å². The zero-order chi connectivity index (χ0) is 21.9. The molecule has 156 valence electrons. The van der Waals surface area contributed by atoms with Crippen LogP contribution in [-0.2, 0) is 14.3 Å². The summed E-state index contributed by atoms with van der Waals surface area (Å²) < 4.78 is 5.06. The first-order valence-electron chi connectivity index (χ1n) is 9.92. The van der Waals surface area contributed by atoms with E-state index in [9.17, 15) is 9.59 Å². The number of carbonyl (C=O) groups is 2. The third-order valence-corrected chi connectivity index (χ3v) is 12.9. The Morgan fingerprint density at radius 1 is 0.677 bits per heavy atom. The standard InChI is InChI=1S/C26H22ClO3P/c1-30-26-18-24(28)20(17-25(26)29)19-31(27,21-11-5-2-6-12-21,22-13-7-3-8-14-22)23-15-9-4-10-16-23/h2-18H,19H2,1H3. The van der Waals surface area contributed by atoms with Gasteiger partial charge in [0.05, 0.1) is 0 Å². The predicted octanol–water partition coefficient (Wildman–Crippen LogP) is 4.28. The van der Waals surface area contributed by atoms with E-state index in [0.29, 0.717) is 5.57 Å². The van der Waals surface area contributed by atoms with Gasteiger partial charge in [-0.2, -0.15) is 0 Å². The van der Waals surface area contributed by atoms with Crippen molar-refractivity contribution in [3.05, 3.63) is 114 Å². The molecule has 4 rings (SSSR count). The molecule has 0 N–H and O–H groups in total. The van der Waals surface area contributed by atoms with Gasteiger partial charge in [0.2, 0.25) is 0 Å². The number of halogens is 1. The van der Waals surface area contributed by atoms with Crippen molar-refractivity contribution >= 4 is 44.7 Å². The van der Waals surface area contributed by atoms with E-state index in [1.807, 2.05) is 91.0 Å². The number of hydrogen-bond acceptors (Lipinski definition) is 3. The number of hydrogen-bond donors (Lipinski definition) is 0. The molecule has 5 heteroatoms. The first kappa shape index (κ1) is 21.2. The fourth-order valence-corrected chi connectivity index (χ4v) is 10.2. The fourth-order valence-electron chi connectivity index (χ4n) is 4.12. The molecular formula is C26H22ClO3P. The Labute approximate surface area is 186 Å². The fraction of sp³-hybridized carbons (Fsp3) is 0.0769. The summed E-state index contributed by atoms with van der Waals surface area (Å²) in [6.45, 7) is 0. The Kier molecular flexibility index (Phi) is 5.66. The molecule has 0 radical (unpaired) electrons. The van der Waals surface area contributed by atoms with Crippen molar-refractivity contribution in [2.24, 2.45) is 0 Å². The van der Waals surface area contributed by atoms with Gasteiger partial charge in [-0.15, -0.1) is 0 Å². The third-order valence-electron chi connectivity index (χ3n) is 5.70. The van der Waals surface area contributed by atoms with Crippen LogP contribution in [0.15, 0.2) is 114 Å². The number of methoxy groups -OCH3 is 1. The van der Waals surface area contributed by atoms with Gasteiger partial charge in [-0.25, -0.2) is 0 Å². The van der Waals surface area contributed by atoms with E-state index >= 15 is 0 Å². The van der Waals surface area contributed by atoms with E-state index in [0.717, 1.165) is 15.9 Å². The Bertz CT molecular complexity index is 1090. The van der Waals surface area contributed by atoms with E-state index in [-0.39, 0.29) is 23.5 Å². The molecule has 31 heavy (non-hydrogen) atoms. The molecule has 0 atom stereocenters. The summed E-state index contributed by atoms with van der Waals surface area (Å²) in [5.41, 5.74) is 0.384. The van der Waals surface area contributed by atoms with Crippen molar-refractivity contribution in [2.75, 3.05) is 13.3 Å². The zero-order valence-electron chi connectivity index (χ0n) is 17.1. The predicted molar refractivity (Wildman–Crippen MR) is 129 cm³/mol. The molecule has 3 aromatic rings. The second-order valence-electron chi connectivity index (χ2n) is 7.46. The van der Waals surface area contributed by atoms with Gasteiger partial charge in [0.1, 0.15) is 0 Å². The molecule has 0 amide bonds. The van der Waals surface area contributed by atoms with E-state index in [1.165, 1.54) is 19.3 Å². The topological polar surface area (TPSA) is 43.4 Å². The van der Waals surface area contributed by atoms with E-state index in [4.69, 9.17) is 16.0 Å². The summed E-state index contributed by atoms with van der Waals surface area (Å²) in [4.78, 5) is 25.5. The quantitative estimate of drug-likeness (QED) is 0.417. The van der Waals surface area contributed by atoms with Crippen molar-refractivity contribution in [1.29, 1.82) is 0 Å². The van der Waals surface area contributed by atoms with Crippen LogP contribution in [0.2, 0.25) is 0 Å². The Morgan fingerprint density at radius 3 is 1.48 bits per heavy atom. The number of ketones is 2. The molecule has 0 bridgehead atoms. The molecule has 0 saturated carbocycles. The Balaban J connectivity index is 2.03. The van der Waals surface area contributed by atoms with Crippen LogP contribution in [0.3, 0.4) is 0 Å². The maximum atomic E-state index is 13.0.